The molecule has 46 heavy (non-hydrogen) atoms. The van der Waals surface area contributed by atoms with Crippen molar-refractivity contribution in [2.75, 3.05) is 6.61 Å². The van der Waals surface area contributed by atoms with Gasteiger partial charge in [0.1, 0.15) is 12.4 Å². The second-order valence-electron chi connectivity index (χ2n) is 14.9. The molecule has 3 aromatic rings. The molecule has 0 unspecified atom stereocenters. The number of H-pyrrole nitrogens is 1. The van der Waals surface area contributed by atoms with Crippen molar-refractivity contribution >= 4 is 14.2 Å². The number of aromatic nitrogens is 2. The van der Waals surface area contributed by atoms with Gasteiger partial charge in [-0.15, -0.1) is 0 Å². The summed E-state index contributed by atoms with van der Waals surface area (Å²) in [5.41, 5.74) is 2.99. The van der Waals surface area contributed by atoms with E-state index in [1.54, 1.807) is 4.90 Å². The number of rotatable bonds is 13. The lowest BCUT2D eigenvalue weighted by Gasteiger charge is -2.39. The smallest absolute Gasteiger partial charge is 0.294 e. The zero-order valence-corrected chi connectivity index (χ0v) is 30.5. The molecule has 1 aromatic heterocycles. The van der Waals surface area contributed by atoms with Gasteiger partial charge in [0.25, 0.3) is 11.5 Å². The van der Waals surface area contributed by atoms with Crippen LogP contribution in [0.3, 0.4) is 0 Å². The summed E-state index contributed by atoms with van der Waals surface area (Å²) >= 11 is 0. The fraction of sp³-hybridized carbons (Fsp3) is 0.553. The number of aromatic amines is 1. The van der Waals surface area contributed by atoms with Crippen LogP contribution in [0.1, 0.15) is 107 Å². The highest BCUT2D eigenvalue weighted by Crippen LogP contribution is 2.43. The van der Waals surface area contributed by atoms with E-state index in [1.807, 2.05) is 51.1 Å². The Kier molecular flexibility index (Phi) is 11.4. The van der Waals surface area contributed by atoms with Crippen LogP contribution in [0, 0.1) is 0 Å². The molecule has 0 bridgehead atoms. The van der Waals surface area contributed by atoms with Gasteiger partial charge < -0.3 is 19.0 Å². The summed E-state index contributed by atoms with van der Waals surface area (Å²) in [7, 11) is -2.04. The minimum atomic E-state index is -2.04. The van der Waals surface area contributed by atoms with Crippen LogP contribution in [0.2, 0.25) is 18.1 Å². The van der Waals surface area contributed by atoms with E-state index in [1.165, 1.54) is 11.1 Å². The lowest BCUT2D eigenvalue weighted by molar-refractivity contribution is 0.0536. The van der Waals surface area contributed by atoms with E-state index in [0.29, 0.717) is 18.9 Å². The second-order valence-corrected chi connectivity index (χ2v) is 19.7. The molecule has 0 aliphatic heterocycles. The molecule has 1 aliphatic carbocycles. The summed E-state index contributed by atoms with van der Waals surface area (Å²) in [6, 6.07) is 18.1. The van der Waals surface area contributed by atoms with Gasteiger partial charge >= 0.3 is 0 Å². The van der Waals surface area contributed by atoms with Gasteiger partial charge in [-0.05, 0) is 74.9 Å². The number of amides is 1. The summed E-state index contributed by atoms with van der Waals surface area (Å²) in [5, 5.41) is 0.0495. The molecule has 8 heteroatoms. The molecule has 4 rings (SSSR count). The SMILES string of the molecule is CCc1cccc(C2(Cc3nc(C(=O)N(C(C)C)[C@@H](C)CO[Si](C)(C)C(C)(C)C)c(OCc4ccccc4)c(=O)[nH]3)CCCC2)c1. The Hall–Kier alpha value is -3.23. The zero-order valence-electron chi connectivity index (χ0n) is 29.5. The van der Waals surface area contributed by atoms with Crippen molar-refractivity contribution in [2.24, 2.45) is 0 Å². The van der Waals surface area contributed by atoms with Crippen LogP contribution in [-0.4, -0.2) is 47.8 Å². The van der Waals surface area contributed by atoms with Gasteiger partial charge in [-0.1, -0.05) is 95.1 Å². The van der Waals surface area contributed by atoms with Crippen LogP contribution >= 0.6 is 0 Å². The summed E-state index contributed by atoms with van der Waals surface area (Å²) in [6.07, 6.45) is 5.79. The first kappa shape index (κ1) is 35.6. The summed E-state index contributed by atoms with van der Waals surface area (Å²) in [5.74, 6) is 0.178. The van der Waals surface area contributed by atoms with Gasteiger partial charge in [-0.2, -0.15) is 0 Å². The average molecular weight is 646 g/mol. The first-order valence-corrected chi connectivity index (χ1v) is 19.9. The van der Waals surface area contributed by atoms with E-state index in [-0.39, 0.29) is 46.5 Å². The number of hydrogen-bond acceptors (Lipinski definition) is 5. The van der Waals surface area contributed by atoms with Crippen LogP contribution in [0.15, 0.2) is 59.4 Å². The molecule has 7 nitrogen and oxygen atoms in total. The normalized spacial score (nSPS) is 15.6. The van der Waals surface area contributed by atoms with Crippen molar-refractivity contribution in [1.29, 1.82) is 0 Å². The summed E-state index contributed by atoms with van der Waals surface area (Å²) < 4.78 is 12.7. The van der Waals surface area contributed by atoms with Crippen molar-refractivity contribution < 1.29 is 14.0 Å². The van der Waals surface area contributed by atoms with Crippen molar-refractivity contribution in [2.45, 2.75) is 129 Å². The van der Waals surface area contributed by atoms with Crippen LogP contribution < -0.4 is 10.3 Å². The fourth-order valence-electron chi connectivity index (χ4n) is 6.35. The van der Waals surface area contributed by atoms with E-state index in [4.69, 9.17) is 14.1 Å². The highest BCUT2D eigenvalue weighted by atomic mass is 28.4. The quantitative estimate of drug-likeness (QED) is 0.189. The second kappa shape index (κ2) is 14.7. The van der Waals surface area contributed by atoms with E-state index in [2.05, 4.69) is 70.0 Å². The number of nitrogens with zero attached hydrogens (tertiary/aromatic N) is 2. The van der Waals surface area contributed by atoms with Gasteiger partial charge in [0, 0.05) is 17.9 Å². The van der Waals surface area contributed by atoms with Crippen LogP contribution in [0.4, 0.5) is 0 Å². The number of benzene rings is 2. The lowest BCUT2D eigenvalue weighted by Crippen LogP contribution is -2.49. The molecule has 1 fully saturated rings. The highest BCUT2D eigenvalue weighted by molar-refractivity contribution is 6.74. The van der Waals surface area contributed by atoms with E-state index in [0.717, 1.165) is 37.7 Å². The largest absolute Gasteiger partial charge is 0.481 e. The molecule has 1 N–H and O–H groups in total. The van der Waals surface area contributed by atoms with Crippen LogP contribution in [-0.2, 0) is 29.3 Å². The van der Waals surface area contributed by atoms with E-state index in [9.17, 15) is 9.59 Å². The molecule has 1 saturated carbocycles. The third-order valence-corrected chi connectivity index (χ3v) is 14.6. The minimum Gasteiger partial charge on any atom is -0.481 e. The predicted molar refractivity (Wildman–Crippen MR) is 189 cm³/mol. The first-order valence-electron chi connectivity index (χ1n) is 17.0. The molecule has 0 spiro atoms. The molecule has 1 amide bonds. The van der Waals surface area contributed by atoms with E-state index < -0.39 is 13.9 Å². The predicted octanol–water partition coefficient (Wildman–Crippen LogP) is 8.23. The molecule has 2 aromatic carbocycles. The lowest BCUT2D eigenvalue weighted by atomic mass is 9.75. The standard InChI is InChI=1S/C38H55N3O4Si/c1-10-29-19-16-20-31(23-29)38(21-14-15-22-38)24-32-39-33(34(35(42)40-32)44-26-30-17-12-11-13-18-30)36(43)41(27(2)3)28(4)25-45-46(8,9)37(5,6)7/h11-13,16-20,23,27-28H,10,14-15,21-22,24-26H2,1-9H3,(H,39,40,42)/t28-/m0/s1. The maximum atomic E-state index is 14.5. The molecule has 0 saturated heterocycles. The number of aryl methyl sites for hydroxylation is 1. The Morgan fingerprint density at radius 1 is 1.02 bits per heavy atom. The van der Waals surface area contributed by atoms with Gasteiger partial charge in [0.15, 0.2) is 14.0 Å². The molecule has 1 heterocycles. The Balaban J connectivity index is 1.73. The first-order chi connectivity index (χ1) is 21.7. The Morgan fingerprint density at radius 2 is 1.67 bits per heavy atom. The molecular weight excluding hydrogens is 591 g/mol. The fourth-order valence-corrected chi connectivity index (χ4v) is 7.44. The molecule has 250 valence electrons. The third-order valence-electron chi connectivity index (χ3n) is 10.1. The topological polar surface area (TPSA) is 84.5 Å². The number of ether oxygens (including phenoxy) is 1. The summed E-state index contributed by atoms with van der Waals surface area (Å²) in [6.45, 7) is 19.8. The average Bonchev–Trinajstić information content (AvgIpc) is 3.48. The number of nitrogens with one attached hydrogen (secondary N) is 1. The molecular formula is C38H55N3O4Si. The monoisotopic (exact) mass is 645 g/mol. The highest BCUT2D eigenvalue weighted by Gasteiger charge is 2.40. The van der Waals surface area contributed by atoms with Crippen molar-refractivity contribution in [1.82, 2.24) is 14.9 Å². The summed E-state index contributed by atoms with van der Waals surface area (Å²) in [4.78, 5) is 38.1. The Labute approximate surface area is 277 Å². The Bertz CT molecular complexity index is 1520. The van der Waals surface area contributed by atoms with Gasteiger partial charge in [0.2, 0.25) is 5.75 Å². The van der Waals surface area contributed by atoms with Crippen LogP contribution in [0.5, 0.6) is 5.75 Å². The van der Waals surface area contributed by atoms with Gasteiger partial charge in [0.05, 0.1) is 12.6 Å². The molecule has 1 atom stereocenters. The van der Waals surface area contributed by atoms with Crippen molar-refractivity contribution in [3.05, 3.63) is 93.2 Å². The Morgan fingerprint density at radius 3 is 2.28 bits per heavy atom. The maximum Gasteiger partial charge on any atom is 0.294 e. The number of hydrogen-bond donors (Lipinski definition) is 1. The van der Waals surface area contributed by atoms with E-state index >= 15 is 0 Å². The van der Waals surface area contributed by atoms with Crippen LogP contribution in [0.25, 0.3) is 0 Å². The van der Waals surface area contributed by atoms with Crippen molar-refractivity contribution in [3.8, 4) is 5.75 Å². The maximum absolute atomic E-state index is 14.5. The number of carbonyl (C=O) groups is 1. The van der Waals surface area contributed by atoms with Gasteiger partial charge in [-0.25, -0.2) is 4.98 Å². The minimum absolute atomic E-state index is 0.0331. The number of carbonyl (C=O) groups excluding carboxylic acids is 1. The molecule has 0 radical (unpaired) electrons. The molecule has 1 aliphatic rings. The third kappa shape index (κ3) is 8.18. The van der Waals surface area contributed by atoms with Gasteiger partial charge in [-0.3, -0.25) is 9.59 Å². The van der Waals surface area contributed by atoms with Crippen molar-refractivity contribution in [3.63, 3.8) is 0 Å². The zero-order chi connectivity index (χ0) is 33.7.